The van der Waals surface area contributed by atoms with E-state index in [1.807, 2.05) is 32.9 Å². The van der Waals surface area contributed by atoms with Gasteiger partial charge < -0.3 is 10.2 Å². The van der Waals surface area contributed by atoms with Gasteiger partial charge in [0.25, 0.3) is 5.91 Å². The molecule has 18 heavy (non-hydrogen) atoms. The number of rotatable bonds is 4. The highest BCUT2D eigenvalue weighted by Gasteiger charge is 2.14. The number of carbonyl (C=O) groups excluding carboxylic acids is 2. The summed E-state index contributed by atoms with van der Waals surface area (Å²) >= 11 is 0. The maximum atomic E-state index is 12.0. The summed E-state index contributed by atoms with van der Waals surface area (Å²) in [5.74, 6) is -0.290. The van der Waals surface area contributed by atoms with Crippen molar-refractivity contribution in [3.8, 4) is 0 Å². The fourth-order valence-corrected chi connectivity index (χ4v) is 1.57. The van der Waals surface area contributed by atoms with Gasteiger partial charge in [0.1, 0.15) is 0 Å². The van der Waals surface area contributed by atoms with Crippen molar-refractivity contribution in [1.82, 2.24) is 10.2 Å². The van der Waals surface area contributed by atoms with Crippen LogP contribution in [0.5, 0.6) is 0 Å². The minimum Gasteiger partial charge on any atom is -0.352 e. The average Bonchev–Trinajstić information content (AvgIpc) is 2.27. The molecule has 1 aromatic rings. The molecule has 0 atom stereocenters. The van der Waals surface area contributed by atoms with Crippen molar-refractivity contribution in [2.75, 3.05) is 13.6 Å². The molecule has 1 N–H and O–H groups in total. The van der Waals surface area contributed by atoms with Crippen molar-refractivity contribution in [3.63, 3.8) is 0 Å². The number of hydrogen-bond donors (Lipinski definition) is 1. The molecule has 98 valence electrons. The minimum atomic E-state index is -0.145. The van der Waals surface area contributed by atoms with Crippen molar-refractivity contribution in [2.24, 2.45) is 0 Å². The first-order valence-corrected chi connectivity index (χ1v) is 6.01. The van der Waals surface area contributed by atoms with E-state index in [1.54, 1.807) is 19.2 Å². The van der Waals surface area contributed by atoms with Crippen LogP contribution < -0.4 is 5.32 Å². The monoisotopic (exact) mass is 248 g/mol. The van der Waals surface area contributed by atoms with Gasteiger partial charge in [0, 0.05) is 18.7 Å². The van der Waals surface area contributed by atoms with Crippen LogP contribution in [-0.4, -0.2) is 36.3 Å². The van der Waals surface area contributed by atoms with Crippen molar-refractivity contribution in [1.29, 1.82) is 0 Å². The Morgan fingerprint density at radius 3 is 2.28 bits per heavy atom. The zero-order valence-electron chi connectivity index (χ0n) is 11.4. The number of benzene rings is 1. The first-order valence-electron chi connectivity index (χ1n) is 6.01. The van der Waals surface area contributed by atoms with Gasteiger partial charge in [-0.05, 0) is 32.9 Å². The molecule has 0 heterocycles. The summed E-state index contributed by atoms with van der Waals surface area (Å²) in [6.45, 7) is 5.82. The Labute approximate surface area is 108 Å². The summed E-state index contributed by atoms with van der Waals surface area (Å²) in [4.78, 5) is 25.0. The van der Waals surface area contributed by atoms with Gasteiger partial charge in [-0.1, -0.05) is 17.7 Å². The van der Waals surface area contributed by atoms with Gasteiger partial charge in [0.2, 0.25) is 5.91 Å². The number of aryl methyl sites for hydroxylation is 1. The Bertz CT molecular complexity index is 424. The topological polar surface area (TPSA) is 49.4 Å². The lowest BCUT2D eigenvalue weighted by atomic mass is 10.1. The summed E-state index contributed by atoms with van der Waals surface area (Å²) in [5.41, 5.74) is 1.70. The van der Waals surface area contributed by atoms with Crippen LogP contribution in [0, 0.1) is 6.92 Å². The molecule has 0 saturated carbocycles. The van der Waals surface area contributed by atoms with Crippen molar-refractivity contribution in [2.45, 2.75) is 26.8 Å². The second-order valence-electron chi connectivity index (χ2n) is 4.75. The van der Waals surface area contributed by atoms with Crippen LogP contribution in [0.25, 0.3) is 0 Å². The molecule has 0 fully saturated rings. The average molecular weight is 248 g/mol. The van der Waals surface area contributed by atoms with Crippen LogP contribution in [-0.2, 0) is 4.79 Å². The third kappa shape index (κ3) is 4.20. The number of carbonyl (C=O) groups is 2. The van der Waals surface area contributed by atoms with Gasteiger partial charge in [0.15, 0.2) is 0 Å². The summed E-state index contributed by atoms with van der Waals surface area (Å²) in [6.07, 6.45) is 0. The number of nitrogens with zero attached hydrogens (tertiary/aromatic N) is 1. The van der Waals surface area contributed by atoms with Gasteiger partial charge >= 0.3 is 0 Å². The van der Waals surface area contributed by atoms with Gasteiger partial charge in [-0.2, -0.15) is 0 Å². The molecule has 0 unspecified atom stereocenters. The van der Waals surface area contributed by atoms with E-state index in [4.69, 9.17) is 0 Å². The second kappa shape index (κ2) is 6.19. The highest BCUT2D eigenvalue weighted by Crippen LogP contribution is 2.05. The smallest absolute Gasteiger partial charge is 0.254 e. The van der Waals surface area contributed by atoms with Gasteiger partial charge in [0.05, 0.1) is 6.54 Å². The number of amides is 2. The minimum absolute atomic E-state index is 0.0743. The normalized spacial score (nSPS) is 10.3. The van der Waals surface area contributed by atoms with Gasteiger partial charge in [-0.3, -0.25) is 9.59 Å². The van der Waals surface area contributed by atoms with E-state index in [0.717, 1.165) is 5.56 Å². The Morgan fingerprint density at radius 1 is 1.22 bits per heavy atom. The molecule has 4 nitrogen and oxygen atoms in total. The van der Waals surface area contributed by atoms with Crippen molar-refractivity contribution < 1.29 is 9.59 Å². The van der Waals surface area contributed by atoms with Crippen LogP contribution in [0.1, 0.15) is 29.8 Å². The Balaban J connectivity index is 2.61. The molecule has 0 aliphatic rings. The molecular weight excluding hydrogens is 228 g/mol. The summed E-state index contributed by atoms with van der Waals surface area (Å²) in [7, 11) is 1.63. The lowest BCUT2D eigenvalue weighted by Gasteiger charge is -2.18. The van der Waals surface area contributed by atoms with E-state index in [9.17, 15) is 9.59 Å². The van der Waals surface area contributed by atoms with Crippen LogP contribution in [0.4, 0.5) is 0 Å². The predicted octanol–water partition coefficient (Wildman–Crippen LogP) is 1.59. The molecule has 0 aromatic heterocycles. The van der Waals surface area contributed by atoms with Crippen LogP contribution >= 0.6 is 0 Å². The molecule has 0 aliphatic carbocycles. The van der Waals surface area contributed by atoms with Gasteiger partial charge in [-0.15, -0.1) is 0 Å². The molecule has 0 saturated heterocycles. The van der Waals surface area contributed by atoms with E-state index in [-0.39, 0.29) is 24.4 Å². The number of hydrogen-bond acceptors (Lipinski definition) is 2. The Kier molecular flexibility index (Phi) is 4.89. The quantitative estimate of drug-likeness (QED) is 0.879. The summed E-state index contributed by atoms with van der Waals surface area (Å²) in [5, 5.41) is 2.76. The van der Waals surface area contributed by atoms with E-state index in [2.05, 4.69) is 5.32 Å². The molecule has 0 aliphatic heterocycles. The summed E-state index contributed by atoms with van der Waals surface area (Å²) in [6, 6.07) is 7.40. The van der Waals surface area contributed by atoms with Crippen molar-refractivity contribution in [3.05, 3.63) is 35.4 Å². The van der Waals surface area contributed by atoms with Crippen molar-refractivity contribution >= 4 is 11.8 Å². The summed E-state index contributed by atoms with van der Waals surface area (Å²) < 4.78 is 0. The highest BCUT2D eigenvalue weighted by molar-refractivity contribution is 5.96. The SMILES string of the molecule is Cc1ccc(C(=O)N(C)CC(=O)NC(C)C)cc1. The highest BCUT2D eigenvalue weighted by atomic mass is 16.2. The van der Waals surface area contributed by atoms with E-state index in [0.29, 0.717) is 5.56 Å². The fraction of sp³-hybridized carbons (Fsp3) is 0.429. The lowest BCUT2D eigenvalue weighted by Crippen LogP contribution is -2.40. The van der Waals surface area contributed by atoms with Crippen LogP contribution in [0.2, 0.25) is 0 Å². The molecule has 4 heteroatoms. The predicted molar refractivity (Wildman–Crippen MR) is 71.4 cm³/mol. The van der Waals surface area contributed by atoms with Gasteiger partial charge in [-0.25, -0.2) is 0 Å². The second-order valence-corrected chi connectivity index (χ2v) is 4.75. The molecule has 2 amide bonds. The van der Waals surface area contributed by atoms with E-state index >= 15 is 0 Å². The Hall–Kier alpha value is -1.84. The number of nitrogens with one attached hydrogen (secondary N) is 1. The fourth-order valence-electron chi connectivity index (χ4n) is 1.57. The standard InChI is InChI=1S/C14H20N2O2/c1-10(2)15-13(17)9-16(4)14(18)12-7-5-11(3)6-8-12/h5-8,10H,9H2,1-4H3,(H,15,17). The molecule has 1 aromatic carbocycles. The van der Waals surface area contributed by atoms with Crippen LogP contribution in [0.3, 0.4) is 0 Å². The molecule has 0 radical (unpaired) electrons. The third-order valence-electron chi connectivity index (χ3n) is 2.48. The van der Waals surface area contributed by atoms with E-state index in [1.165, 1.54) is 4.90 Å². The maximum absolute atomic E-state index is 12.0. The number of likely N-dealkylation sites (N-methyl/N-ethyl adjacent to an activating group) is 1. The molecule has 0 spiro atoms. The molecular formula is C14H20N2O2. The lowest BCUT2D eigenvalue weighted by molar-refractivity contribution is -0.122. The maximum Gasteiger partial charge on any atom is 0.254 e. The zero-order valence-corrected chi connectivity index (χ0v) is 11.4. The first-order chi connectivity index (χ1) is 8.40. The Morgan fingerprint density at radius 2 is 1.78 bits per heavy atom. The third-order valence-corrected chi connectivity index (χ3v) is 2.48. The molecule has 1 rings (SSSR count). The van der Waals surface area contributed by atoms with E-state index < -0.39 is 0 Å². The largest absolute Gasteiger partial charge is 0.352 e. The first kappa shape index (κ1) is 14.2. The molecule has 0 bridgehead atoms. The van der Waals surface area contributed by atoms with Crippen LogP contribution in [0.15, 0.2) is 24.3 Å². The zero-order chi connectivity index (χ0) is 13.7.